The molecule has 2 rings (SSSR count). The van der Waals surface area contributed by atoms with Gasteiger partial charge in [-0.1, -0.05) is 0 Å². The highest BCUT2D eigenvalue weighted by molar-refractivity contribution is 5.29. The first-order chi connectivity index (χ1) is 6.25. The van der Waals surface area contributed by atoms with Gasteiger partial charge in [0.1, 0.15) is 18.5 Å². The summed E-state index contributed by atoms with van der Waals surface area (Å²) in [5.74, 6) is 0.526. The van der Waals surface area contributed by atoms with Crippen molar-refractivity contribution in [2.45, 2.75) is 6.54 Å². The lowest BCUT2D eigenvalue weighted by Crippen LogP contribution is -2.05. The van der Waals surface area contributed by atoms with Crippen molar-refractivity contribution in [2.75, 3.05) is 5.73 Å². The van der Waals surface area contributed by atoms with Crippen LogP contribution in [0.15, 0.2) is 18.7 Å². The Morgan fingerprint density at radius 1 is 1.54 bits per heavy atom. The van der Waals surface area contributed by atoms with Crippen LogP contribution in [-0.2, 0) is 13.6 Å². The zero-order chi connectivity index (χ0) is 9.26. The fourth-order valence-electron chi connectivity index (χ4n) is 1.16. The van der Waals surface area contributed by atoms with Crippen LogP contribution >= 0.6 is 0 Å². The van der Waals surface area contributed by atoms with Crippen molar-refractivity contribution in [1.29, 1.82) is 0 Å². The average Bonchev–Trinajstić information content (AvgIpc) is 2.63. The number of nitrogen functional groups attached to an aromatic ring is 1. The van der Waals surface area contributed by atoms with E-state index < -0.39 is 0 Å². The van der Waals surface area contributed by atoms with Gasteiger partial charge in [0.05, 0.1) is 12.2 Å². The van der Waals surface area contributed by atoms with Gasteiger partial charge >= 0.3 is 0 Å². The fourth-order valence-corrected chi connectivity index (χ4v) is 1.16. The van der Waals surface area contributed by atoms with E-state index in [9.17, 15) is 0 Å². The minimum atomic E-state index is 0.526. The van der Waals surface area contributed by atoms with Gasteiger partial charge in [-0.2, -0.15) is 10.2 Å². The minimum Gasteiger partial charge on any atom is -0.382 e. The molecule has 2 aromatic heterocycles. The molecule has 0 aliphatic rings. The standard InChI is InChI=1S/C7H10N6/c1-12-6(2-7(8)11-12)3-13-5-9-4-10-13/h2,4-5H,3H2,1H3,(H2,8,11). The molecule has 0 aromatic carbocycles. The third kappa shape index (κ3) is 1.51. The molecule has 0 saturated heterocycles. The first kappa shape index (κ1) is 7.78. The van der Waals surface area contributed by atoms with Crippen LogP contribution in [0.5, 0.6) is 0 Å². The molecule has 0 radical (unpaired) electrons. The highest BCUT2D eigenvalue weighted by Crippen LogP contribution is 2.04. The summed E-state index contributed by atoms with van der Waals surface area (Å²) in [6, 6.07) is 1.82. The third-order valence-corrected chi connectivity index (χ3v) is 1.79. The SMILES string of the molecule is Cn1nc(N)cc1Cn1cncn1. The second-order valence-electron chi connectivity index (χ2n) is 2.78. The van der Waals surface area contributed by atoms with E-state index in [2.05, 4.69) is 15.2 Å². The molecule has 0 saturated carbocycles. The van der Waals surface area contributed by atoms with Gasteiger partial charge in [0.2, 0.25) is 0 Å². The summed E-state index contributed by atoms with van der Waals surface area (Å²) in [5.41, 5.74) is 6.53. The molecular weight excluding hydrogens is 168 g/mol. The maximum Gasteiger partial charge on any atom is 0.145 e. The monoisotopic (exact) mass is 178 g/mol. The fraction of sp³-hybridized carbons (Fsp3) is 0.286. The summed E-state index contributed by atoms with van der Waals surface area (Å²) in [6.07, 6.45) is 3.16. The zero-order valence-corrected chi connectivity index (χ0v) is 7.25. The largest absolute Gasteiger partial charge is 0.382 e. The summed E-state index contributed by atoms with van der Waals surface area (Å²) in [5, 5.41) is 8.01. The Morgan fingerprint density at radius 3 is 2.92 bits per heavy atom. The molecule has 0 spiro atoms. The van der Waals surface area contributed by atoms with Gasteiger partial charge in [-0.3, -0.25) is 4.68 Å². The molecule has 2 aromatic rings. The summed E-state index contributed by atoms with van der Waals surface area (Å²) < 4.78 is 3.45. The van der Waals surface area contributed by atoms with Gasteiger partial charge in [0.25, 0.3) is 0 Å². The number of nitrogens with zero attached hydrogens (tertiary/aromatic N) is 5. The lowest BCUT2D eigenvalue weighted by atomic mass is 10.4. The smallest absolute Gasteiger partial charge is 0.145 e. The Hall–Kier alpha value is -1.85. The maximum atomic E-state index is 5.53. The molecule has 2 heterocycles. The number of anilines is 1. The van der Waals surface area contributed by atoms with Crippen LogP contribution in [0.25, 0.3) is 0 Å². The van der Waals surface area contributed by atoms with E-state index in [1.165, 1.54) is 6.33 Å². The van der Waals surface area contributed by atoms with E-state index in [1.807, 2.05) is 13.1 Å². The van der Waals surface area contributed by atoms with Gasteiger partial charge < -0.3 is 5.73 Å². The molecule has 0 unspecified atom stereocenters. The van der Waals surface area contributed by atoms with Crippen molar-refractivity contribution in [3.63, 3.8) is 0 Å². The van der Waals surface area contributed by atoms with Crippen LogP contribution in [0.3, 0.4) is 0 Å². The van der Waals surface area contributed by atoms with Gasteiger partial charge in [0, 0.05) is 13.1 Å². The number of aromatic nitrogens is 5. The molecule has 6 nitrogen and oxygen atoms in total. The lowest BCUT2D eigenvalue weighted by molar-refractivity contribution is 0.619. The second kappa shape index (κ2) is 2.89. The normalized spacial score (nSPS) is 10.5. The first-order valence-electron chi connectivity index (χ1n) is 3.86. The predicted octanol–water partition coefficient (Wildman–Crippen LogP) is -0.358. The van der Waals surface area contributed by atoms with E-state index in [0.717, 1.165) is 5.69 Å². The number of nitrogens with two attached hydrogens (primary N) is 1. The Labute approximate surface area is 75.0 Å². The molecule has 0 aliphatic carbocycles. The van der Waals surface area contributed by atoms with Crippen LogP contribution in [-0.4, -0.2) is 24.5 Å². The predicted molar refractivity (Wildman–Crippen MR) is 46.7 cm³/mol. The van der Waals surface area contributed by atoms with Crippen LogP contribution in [0.1, 0.15) is 5.69 Å². The van der Waals surface area contributed by atoms with Crippen LogP contribution in [0.2, 0.25) is 0 Å². The first-order valence-corrected chi connectivity index (χ1v) is 3.86. The van der Waals surface area contributed by atoms with Crippen molar-refractivity contribution < 1.29 is 0 Å². The van der Waals surface area contributed by atoms with E-state index in [0.29, 0.717) is 12.4 Å². The summed E-state index contributed by atoms with van der Waals surface area (Å²) in [6.45, 7) is 0.640. The molecule has 13 heavy (non-hydrogen) atoms. The highest BCUT2D eigenvalue weighted by atomic mass is 15.3. The average molecular weight is 178 g/mol. The molecule has 0 fully saturated rings. The molecule has 0 atom stereocenters. The Bertz CT molecular complexity index is 387. The zero-order valence-electron chi connectivity index (χ0n) is 7.25. The molecular formula is C7H10N6. The summed E-state index contributed by atoms with van der Waals surface area (Å²) >= 11 is 0. The number of hydrogen-bond donors (Lipinski definition) is 1. The van der Waals surface area contributed by atoms with Gasteiger partial charge in [-0.25, -0.2) is 9.67 Å². The van der Waals surface area contributed by atoms with Gasteiger partial charge in [-0.05, 0) is 0 Å². The quantitative estimate of drug-likeness (QED) is 0.681. The Kier molecular flexibility index (Phi) is 1.73. The Balaban J connectivity index is 2.23. The van der Waals surface area contributed by atoms with Gasteiger partial charge in [0.15, 0.2) is 0 Å². The molecule has 68 valence electrons. The molecule has 0 bridgehead atoms. The van der Waals surface area contributed by atoms with E-state index in [1.54, 1.807) is 15.7 Å². The minimum absolute atomic E-state index is 0.526. The molecule has 2 N–H and O–H groups in total. The van der Waals surface area contributed by atoms with Crippen molar-refractivity contribution >= 4 is 5.82 Å². The van der Waals surface area contributed by atoms with E-state index >= 15 is 0 Å². The van der Waals surface area contributed by atoms with Crippen molar-refractivity contribution in [3.05, 3.63) is 24.4 Å². The Morgan fingerprint density at radius 2 is 2.38 bits per heavy atom. The van der Waals surface area contributed by atoms with Crippen molar-refractivity contribution in [3.8, 4) is 0 Å². The molecule has 0 aliphatic heterocycles. The number of hydrogen-bond acceptors (Lipinski definition) is 4. The van der Waals surface area contributed by atoms with E-state index in [-0.39, 0.29) is 0 Å². The highest BCUT2D eigenvalue weighted by Gasteiger charge is 2.02. The van der Waals surface area contributed by atoms with Gasteiger partial charge in [-0.15, -0.1) is 0 Å². The number of rotatable bonds is 2. The molecule has 6 heteroatoms. The maximum absolute atomic E-state index is 5.53. The van der Waals surface area contributed by atoms with E-state index in [4.69, 9.17) is 5.73 Å². The summed E-state index contributed by atoms with van der Waals surface area (Å²) in [4.78, 5) is 3.85. The topological polar surface area (TPSA) is 74.6 Å². The van der Waals surface area contributed by atoms with Crippen molar-refractivity contribution in [2.24, 2.45) is 7.05 Å². The van der Waals surface area contributed by atoms with Crippen LogP contribution in [0.4, 0.5) is 5.82 Å². The van der Waals surface area contributed by atoms with Crippen LogP contribution < -0.4 is 5.73 Å². The lowest BCUT2D eigenvalue weighted by Gasteiger charge is -1.99. The summed E-state index contributed by atoms with van der Waals surface area (Å²) in [7, 11) is 1.85. The number of aryl methyl sites for hydroxylation is 1. The van der Waals surface area contributed by atoms with Crippen molar-refractivity contribution in [1.82, 2.24) is 24.5 Å². The second-order valence-corrected chi connectivity index (χ2v) is 2.78. The molecule has 0 amide bonds. The van der Waals surface area contributed by atoms with Crippen LogP contribution in [0, 0.1) is 0 Å². The third-order valence-electron chi connectivity index (χ3n) is 1.79.